The van der Waals surface area contributed by atoms with Crippen LogP contribution in [0.1, 0.15) is 5.56 Å². The maximum Gasteiger partial charge on any atom is 0.307 e. The average Bonchev–Trinajstić information content (AvgIpc) is 2.28. The van der Waals surface area contributed by atoms with Crippen molar-refractivity contribution in [2.45, 2.75) is 6.42 Å². The van der Waals surface area contributed by atoms with E-state index in [-0.39, 0.29) is 12.2 Å². The predicted octanol–water partition coefficient (Wildman–Crippen LogP) is 2.83. The molecule has 0 aliphatic heterocycles. The molecule has 0 aliphatic rings. The Labute approximate surface area is 103 Å². The van der Waals surface area contributed by atoms with Crippen LogP contribution in [0, 0.1) is 5.82 Å². The summed E-state index contributed by atoms with van der Waals surface area (Å²) in [6, 6.07) is 10.5. The Morgan fingerprint density at radius 3 is 2.56 bits per heavy atom. The lowest BCUT2D eigenvalue weighted by Crippen LogP contribution is -2.00. The van der Waals surface area contributed by atoms with Gasteiger partial charge in [0.25, 0.3) is 0 Å². The highest BCUT2D eigenvalue weighted by molar-refractivity contribution is 5.71. The van der Waals surface area contributed by atoms with Gasteiger partial charge in [0.15, 0.2) is 0 Å². The van der Waals surface area contributed by atoms with E-state index in [0.717, 1.165) is 0 Å². The second-order valence-corrected chi connectivity index (χ2v) is 3.94. The van der Waals surface area contributed by atoms with Crippen molar-refractivity contribution in [1.82, 2.24) is 0 Å². The summed E-state index contributed by atoms with van der Waals surface area (Å²) in [4.78, 5) is 10.5. The van der Waals surface area contributed by atoms with Crippen LogP contribution in [0.2, 0.25) is 0 Å². The van der Waals surface area contributed by atoms with Crippen LogP contribution in [0.4, 0.5) is 4.39 Å². The first-order chi connectivity index (χ1) is 8.56. The predicted molar refractivity (Wildman–Crippen MR) is 64.8 cm³/mol. The number of carbonyl (C=O) groups is 1. The minimum atomic E-state index is -1.00. The Morgan fingerprint density at radius 1 is 1.17 bits per heavy atom. The second-order valence-electron chi connectivity index (χ2n) is 3.94. The van der Waals surface area contributed by atoms with E-state index >= 15 is 0 Å². The number of rotatable bonds is 3. The highest BCUT2D eigenvalue weighted by Gasteiger charge is 2.08. The Bertz CT molecular complexity index is 593. The molecule has 18 heavy (non-hydrogen) atoms. The lowest BCUT2D eigenvalue weighted by molar-refractivity contribution is -0.136. The summed E-state index contributed by atoms with van der Waals surface area (Å²) in [6.07, 6.45) is -0.211. The molecule has 0 aromatic heterocycles. The van der Waals surface area contributed by atoms with Crippen LogP contribution in [-0.4, -0.2) is 16.2 Å². The molecule has 3 nitrogen and oxygen atoms in total. The zero-order valence-electron chi connectivity index (χ0n) is 9.43. The number of aromatic hydroxyl groups is 1. The Morgan fingerprint density at radius 2 is 1.94 bits per heavy atom. The van der Waals surface area contributed by atoms with Gasteiger partial charge in [-0.15, -0.1) is 0 Å². The van der Waals surface area contributed by atoms with Crippen molar-refractivity contribution in [3.63, 3.8) is 0 Å². The largest absolute Gasteiger partial charge is 0.508 e. The first kappa shape index (κ1) is 12.1. The lowest BCUT2D eigenvalue weighted by atomic mass is 10.0. The summed E-state index contributed by atoms with van der Waals surface area (Å²) in [5, 5.41) is 18.0. The van der Waals surface area contributed by atoms with E-state index in [1.165, 1.54) is 24.3 Å². The molecule has 0 spiro atoms. The monoisotopic (exact) mass is 246 g/mol. The summed E-state index contributed by atoms with van der Waals surface area (Å²) in [5.74, 6) is -1.44. The van der Waals surface area contributed by atoms with Gasteiger partial charge in [-0.25, -0.2) is 4.39 Å². The van der Waals surface area contributed by atoms with E-state index < -0.39 is 11.8 Å². The zero-order chi connectivity index (χ0) is 13.1. The minimum Gasteiger partial charge on any atom is -0.508 e. The molecule has 92 valence electrons. The van der Waals surface area contributed by atoms with Gasteiger partial charge >= 0.3 is 5.97 Å². The molecular formula is C14H11FO3. The molecule has 0 saturated heterocycles. The molecule has 0 unspecified atom stereocenters. The first-order valence-corrected chi connectivity index (χ1v) is 5.36. The number of phenolic OH excluding ortho intramolecular Hbond substituents is 1. The van der Waals surface area contributed by atoms with Gasteiger partial charge in [0, 0.05) is 5.56 Å². The summed E-state index contributed by atoms with van der Waals surface area (Å²) >= 11 is 0. The van der Waals surface area contributed by atoms with Crippen LogP contribution < -0.4 is 0 Å². The molecule has 0 saturated carbocycles. The van der Waals surface area contributed by atoms with Gasteiger partial charge in [0.1, 0.15) is 11.6 Å². The molecule has 2 aromatic rings. The number of aliphatic carboxylic acids is 1. The van der Waals surface area contributed by atoms with Crippen molar-refractivity contribution in [2.24, 2.45) is 0 Å². The zero-order valence-corrected chi connectivity index (χ0v) is 9.43. The first-order valence-electron chi connectivity index (χ1n) is 5.36. The van der Waals surface area contributed by atoms with Gasteiger partial charge in [-0.2, -0.15) is 0 Å². The topological polar surface area (TPSA) is 57.5 Å². The van der Waals surface area contributed by atoms with Crippen LogP contribution in [0.5, 0.6) is 5.75 Å². The number of benzene rings is 2. The van der Waals surface area contributed by atoms with E-state index in [0.29, 0.717) is 16.7 Å². The highest BCUT2D eigenvalue weighted by Crippen LogP contribution is 2.26. The van der Waals surface area contributed by atoms with E-state index in [9.17, 15) is 14.3 Å². The molecule has 0 radical (unpaired) electrons. The third-order valence-corrected chi connectivity index (χ3v) is 2.55. The smallest absolute Gasteiger partial charge is 0.307 e. The average molecular weight is 246 g/mol. The molecule has 0 bridgehead atoms. The van der Waals surface area contributed by atoms with Crippen LogP contribution in [0.25, 0.3) is 11.1 Å². The molecule has 4 heteroatoms. The maximum atomic E-state index is 13.8. The van der Waals surface area contributed by atoms with Crippen molar-refractivity contribution in [3.8, 4) is 16.9 Å². The van der Waals surface area contributed by atoms with Gasteiger partial charge in [0.2, 0.25) is 0 Å². The summed E-state index contributed by atoms with van der Waals surface area (Å²) in [7, 11) is 0. The van der Waals surface area contributed by atoms with Gasteiger partial charge < -0.3 is 10.2 Å². The van der Waals surface area contributed by atoms with E-state index in [2.05, 4.69) is 0 Å². The fraction of sp³-hybridized carbons (Fsp3) is 0.0714. The van der Waals surface area contributed by atoms with Crippen LogP contribution in [-0.2, 0) is 11.2 Å². The number of hydrogen-bond acceptors (Lipinski definition) is 2. The third-order valence-electron chi connectivity index (χ3n) is 2.55. The summed E-state index contributed by atoms with van der Waals surface area (Å²) in [5.41, 5.74) is 1.29. The van der Waals surface area contributed by atoms with Crippen molar-refractivity contribution >= 4 is 5.97 Å². The second kappa shape index (κ2) is 4.87. The van der Waals surface area contributed by atoms with E-state index in [1.54, 1.807) is 18.2 Å². The third kappa shape index (κ3) is 2.66. The molecule has 2 rings (SSSR count). The fourth-order valence-electron chi connectivity index (χ4n) is 1.75. The number of hydrogen-bond donors (Lipinski definition) is 2. The lowest BCUT2D eigenvalue weighted by Gasteiger charge is -2.06. The van der Waals surface area contributed by atoms with Gasteiger partial charge in [0.05, 0.1) is 6.42 Å². The van der Waals surface area contributed by atoms with Crippen LogP contribution in [0.15, 0.2) is 42.5 Å². The molecule has 0 aliphatic carbocycles. The van der Waals surface area contributed by atoms with Crippen molar-refractivity contribution in [2.75, 3.05) is 0 Å². The maximum absolute atomic E-state index is 13.8. The Hall–Kier alpha value is -2.36. The SMILES string of the molecule is O=C(O)Cc1ccc(-c2cccc(O)c2)c(F)c1. The summed E-state index contributed by atoms with van der Waals surface area (Å²) < 4.78 is 13.8. The summed E-state index contributed by atoms with van der Waals surface area (Å²) in [6.45, 7) is 0. The van der Waals surface area contributed by atoms with Crippen LogP contribution in [0.3, 0.4) is 0 Å². The standard InChI is InChI=1S/C14H11FO3/c15-13-6-9(7-14(17)18)4-5-12(13)10-2-1-3-11(16)8-10/h1-6,8,16H,7H2,(H,17,18). The Balaban J connectivity index is 2.38. The minimum absolute atomic E-state index is 0.0570. The number of carboxylic acids is 1. The van der Waals surface area contributed by atoms with Gasteiger partial charge in [-0.3, -0.25) is 4.79 Å². The van der Waals surface area contributed by atoms with E-state index in [1.807, 2.05) is 0 Å². The van der Waals surface area contributed by atoms with Crippen molar-refractivity contribution in [3.05, 3.63) is 53.8 Å². The van der Waals surface area contributed by atoms with E-state index in [4.69, 9.17) is 5.11 Å². The molecular weight excluding hydrogens is 235 g/mol. The normalized spacial score (nSPS) is 10.3. The number of phenols is 1. The van der Waals surface area contributed by atoms with Gasteiger partial charge in [-0.05, 0) is 29.3 Å². The highest BCUT2D eigenvalue weighted by atomic mass is 19.1. The fourth-order valence-corrected chi connectivity index (χ4v) is 1.75. The molecule has 0 atom stereocenters. The number of carboxylic acid groups (broad SMARTS) is 1. The molecule has 2 aromatic carbocycles. The molecule has 0 fully saturated rings. The molecule has 0 heterocycles. The van der Waals surface area contributed by atoms with Gasteiger partial charge in [-0.1, -0.05) is 24.3 Å². The van der Waals surface area contributed by atoms with Crippen molar-refractivity contribution < 1.29 is 19.4 Å². The quantitative estimate of drug-likeness (QED) is 0.875. The molecule has 0 amide bonds. The number of halogens is 1. The Kier molecular flexibility index (Phi) is 3.28. The van der Waals surface area contributed by atoms with Crippen LogP contribution >= 0.6 is 0 Å². The van der Waals surface area contributed by atoms with Crippen molar-refractivity contribution in [1.29, 1.82) is 0 Å². The molecule has 2 N–H and O–H groups in total.